The van der Waals surface area contributed by atoms with Crippen LogP contribution in [0.1, 0.15) is 86.1 Å². The molecule has 41 heavy (non-hydrogen) atoms. The summed E-state index contributed by atoms with van der Waals surface area (Å²) >= 11 is 3.44. The Morgan fingerprint density at radius 2 is 1.66 bits per heavy atom. The van der Waals surface area contributed by atoms with Crippen molar-refractivity contribution in [2.75, 3.05) is 0 Å². The van der Waals surface area contributed by atoms with Crippen LogP contribution in [-0.2, 0) is 16.3 Å². The summed E-state index contributed by atoms with van der Waals surface area (Å²) in [5.41, 5.74) is 2.76. The zero-order valence-electron chi connectivity index (χ0n) is 22.6. The number of ketones is 1. The maximum absolute atomic E-state index is 14.0. The SMILES string of the molecule is Cc1oc(Cc2ccc(Br)cc2)c(C(=O)c2ccc(S(=O)(=O)c3ccc(C(=O)O)c(O)c3)c(C3CCCC3)c2)c1C. The van der Waals surface area contributed by atoms with E-state index in [4.69, 9.17) is 4.42 Å². The van der Waals surface area contributed by atoms with Gasteiger partial charge in [0.05, 0.1) is 15.4 Å². The minimum atomic E-state index is -4.12. The normalized spacial score (nSPS) is 13.9. The number of aromatic carboxylic acids is 1. The van der Waals surface area contributed by atoms with E-state index in [-0.39, 0.29) is 27.1 Å². The van der Waals surface area contributed by atoms with Gasteiger partial charge in [-0.3, -0.25) is 4.79 Å². The quantitative estimate of drug-likeness (QED) is 0.194. The Bertz CT molecular complexity index is 1760. The number of carbonyl (C=O) groups excluding carboxylic acids is 1. The fourth-order valence-corrected chi connectivity index (χ4v) is 7.34. The van der Waals surface area contributed by atoms with Gasteiger partial charge in [-0.25, -0.2) is 13.2 Å². The molecule has 5 rings (SSSR count). The number of aromatic hydroxyl groups is 1. The van der Waals surface area contributed by atoms with Crippen LogP contribution >= 0.6 is 15.9 Å². The maximum atomic E-state index is 14.0. The molecular formula is C32H29BrO7S. The lowest BCUT2D eigenvalue weighted by Gasteiger charge is -2.18. The molecule has 2 N–H and O–H groups in total. The Labute approximate surface area is 246 Å². The Hall–Kier alpha value is -3.69. The molecule has 0 aliphatic heterocycles. The highest BCUT2D eigenvalue weighted by Gasteiger charge is 2.30. The summed E-state index contributed by atoms with van der Waals surface area (Å²) < 4.78 is 34.5. The summed E-state index contributed by atoms with van der Waals surface area (Å²) in [5.74, 6) is -1.06. The number of carboxylic acids is 1. The smallest absolute Gasteiger partial charge is 0.339 e. The number of rotatable bonds is 8. The predicted molar refractivity (Wildman–Crippen MR) is 157 cm³/mol. The number of carbonyl (C=O) groups is 2. The molecule has 0 spiro atoms. The highest BCUT2D eigenvalue weighted by atomic mass is 79.9. The van der Waals surface area contributed by atoms with Gasteiger partial charge in [0.2, 0.25) is 9.84 Å². The number of phenols is 1. The van der Waals surface area contributed by atoms with Crippen molar-refractivity contribution in [2.45, 2.75) is 61.7 Å². The lowest BCUT2D eigenvalue weighted by molar-refractivity contribution is 0.0693. The second-order valence-electron chi connectivity index (χ2n) is 10.4. The molecule has 7 nitrogen and oxygen atoms in total. The Morgan fingerprint density at radius 1 is 0.976 bits per heavy atom. The molecule has 0 bridgehead atoms. The molecule has 1 aromatic heterocycles. The van der Waals surface area contributed by atoms with Crippen molar-refractivity contribution < 1.29 is 32.6 Å². The average Bonchev–Trinajstić information content (AvgIpc) is 3.57. The van der Waals surface area contributed by atoms with Gasteiger partial charge in [-0.2, -0.15) is 0 Å². The second kappa shape index (κ2) is 11.3. The molecule has 1 heterocycles. The second-order valence-corrected chi connectivity index (χ2v) is 13.3. The van der Waals surface area contributed by atoms with Gasteiger partial charge in [0.25, 0.3) is 0 Å². The van der Waals surface area contributed by atoms with Crippen LogP contribution in [0.15, 0.2) is 79.3 Å². The van der Waals surface area contributed by atoms with Crippen LogP contribution in [0, 0.1) is 13.8 Å². The number of hydrogen-bond acceptors (Lipinski definition) is 6. The molecule has 1 saturated carbocycles. The van der Waals surface area contributed by atoms with Gasteiger partial charge < -0.3 is 14.6 Å². The first-order chi connectivity index (χ1) is 19.5. The van der Waals surface area contributed by atoms with Gasteiger partial charge in [-0.15, -0.1) is 0 Å². The van der Waals surface area contributed by atoms with Gasteiger partial charge in [0.1, 0.15) is 22.8 Å². The maximum Gasteiger partial charge on any atom is 0.339 e. The molecule has 0 atom stereocenters. The van der Waals surface area contributed by atoms with Gasteiger partial charge in [0.15, 0.2) is 5.78 Å². The largest absolute Gasteiger partial charge is 0.507 e. The van der Waals surface area contributed by atoms with Crippen molar-refractivity contribution >= 4 is 37.5 Å². The number of benzene rings is 3. The van der Waals surface area contributed by atoms with E-state index in [2.05, 4.69) is 15.9 Å². The number of aryl methyl sites for hydroxylation is 1. The number of carboxylic acid groups (broad SMARTS) is 1. The molecule has 212 valence electrons. The predicted octanol–water partition coefficient (Wildman–Crippen LogP) is 7.37. The fourth-order valence-electron chi connectivity index (χ4n) is 5.53. The minimum Gasteiger partial charge on any atom is -0.507 e. The molecule has 0 saturated heterocycles. The number of hydrogen-bond donors (Lipinski definition) is 2. The molecule has 0 amide bonds. The summed E-state index contributed by atoms with van der Waals surface area (Å²) in [6, 6.07) is 15.7. The molecule has 0 radical (unpaired) electrons. The van der Waals surface area contributed by atoms with Gasteiger partial charge >= 0.3 is 5.97 Å². The lowest BCUT2D eigenvalue weighted by atomic mass is 9.92. The van der Waals surface area contributed by atoms with Crippen LogP contribution in [0.4, 0.5) is 0 Å². The molecule has 0 unspecified atom stereocenters. The fraction of sp³-hybridized carbons (Fsp3) is 0.250. The third-order valence-corrected chi connectivity index (χ3v) is 10.2. The summed E-state index contributed by atoms with van der Waals surface area (Å²) in [6.45, 7) is 3.67. The van der Waals surface area contributed by atoms with Crippen molar-refractivity contribution in [2.24, 2.45) is 0 Å². The van der Waals surface area contributed by atoms with Gasteiger partial charge in [-0.1, -0.05) is 40.9 Å². The monoisotopic (exact) mass is 636 g/mol. The van der Waals surface area contributed by atoms with Gasteiger partial charge in [-0.05, 0) is 92.3 Å². The van der Waals surface area contributed by atoms with Crippen LogP contribution in [0.5, 0.6) is 5.75 Å². The molecule has 3 aromatic carbocycles. The molecular weight excluding hydrogens is 608 g/mol. The Balaban J connectivity index is 1.58. The Kier molecular flexibility index (Phi) is 7.94. The third kappa shape index (κ3) is 5.61. The van der Waals surface area contributed by atoms with E-state index in [0.717, 1.165) is 53.4 Å². The topological polar surface area (TPSA) is 122 Å². The number of halogens is 1. The highest BCUT2D eigenvalue weighted by molar-refractivity contribution is 9.10. The van der Waals surface area contributed by atoms with E-state index >= 15 is 0 Å². The van der Waals surface area contributed by atoms with Crippen LogP contribution in [0.3, 0.4) is 0 Å². The van der Waals surface area contributed by atoms with Crippen LogP contribution < -0.4 is 0 Å². The summed E-state index contributed by atoms with van der Waals surface area (Å²) in [7, 11) is -4.12. The summed E-state index contributed by atoms with van der Waals surface area (Å²) in [6.07, 6.45) is 3.92. The van der Waals surface area contributed by atoms with Crippen LogP contribution in [-0.4, -0.2) is 30.4 Å². The zero-order chi connectivity index (χ0) is 29.5. The first-order valence-corrected chi connectivity index (χ1v) is 15.6. The lowest BCUT2D eigenvalue weighted by Crippen LogP contribution is -2.12. The van der Waals surface area contributed by atoms with Crippen LogP contribution in [0.25, 0.3) is 0 Å². The number of sulfone groups is 1. The first-order valence-electron chi connectivity index (χ1n) is 13.3. The molecule has 1 fully saturated rings. The van der Waals surface area contributed by atoms with Crippen molar-refractivity contribution in [1.29, 1.82) is 0 Å². The van der Waals surface area contributed by atoms with E-state index in [1.54, 1.807) is 6.07 Å². The first kappa shape index (κ1) is 28.8. The zero-order valence-corrected chi connectivity index (χ0v) is 25.0. The van der Waals surface area contributed by atoms with Crippen molar-refractivity contribution in [3.05, 3.63) is 110 Å². The molecule has 9 heteroatoms. The summed E-state index contributed by atoms with van der Waals surface area (Å²) in [4.78, 5) is 25.1. The molecule has 4 aromatic rings. The van der Waals surface area contributed by atoms with Crippen molar-refractivity contribution in [3.8, 4) is 5.75 Å². The van der Waals surface area contributed by atoms with E-state index in [1.807, 2.05) is 38.1 Å². The average molecular weight is 638 g/mol. The molecule has 1 aliphatic rings. The van der Waals surface area contributed by atoms with E-state index in [1.165, 1.54) is 18.2 Å². The summed E-state index contributed by atoms with van der Waals surface area (Å²) in [5, 5.41) is 19.4. The third-order valence-electron chi connectivity index (χ3n) is 7.83. The number of furan rings is 1. The minimum absolute atomic E-state index is 0.0474. The highest BCUT2D eigenvalue weighted by Crippen LogP contribution is 2.40. The van der Waals surface area contributed by atoms with Gasteiger partial charge in [0, 0.05) is 22.0 Å². The van der Waals surface area contributed by atoms with E-state index in [0.29, 0.717) is 34.6 Å². The van der Waals surface area contributed by atoms with E-state index in [9.17, 15) is 28.2 Å². The molecule has 1 aliphatic carbocycles. The standard InChI is InChI=1S/C32H29BrO7S/c1-18-19(2)40-28(15-20-7-10-23(33)11-8-20)30(18)31(35)22-9-14-29(26(16-22)21-5-3-4-6-21)41(38,39)24-12-13-25(32(36)37)27(34)17-24/h7-14,16-17,21,34H,3-6,15H2,1-2H3,(H,36,37). The van der Waals surface area contributed by atoms with Crippen LogP contribution in [0.2, 0.25) is 0 Å². The van der Waals surface area contributed by atoms with E-state index < -0.39 is 21.6 Å². The van der Waals surface area contributed by atoms with Crippen molar-refractivity contribution in [1.82, 2.24) is 0 Å². The Morgan fingerprint density at radius 3 is 2.29 bits per heavy atom. The van der Waals surface area contributed by atoms with Crippen molar-refractivity contribution in [3.63, 3.8) is 0 Å².